The van der Waals surface area contributed by atoms with Crippen LogP contribution in [0.4, 0.5) is 5.69 Å². The first-order chi connectivity index (χ1) is 9.85. The van der Waals surface area contributed by atoms with Gasteiger partial charge in [-0.1, -0.05) is 35.3 Å². The van der Waals surface area contributed by atoms with Gasteiger partial charge in [-0.15, -0.1) is 0 Å². The lowest BCUT2D eigenvalue weighted by molar-refractivity contribution is 0.600. The number of para-hydroxylation sites is 1. The molecule has 0 bridgehead atoms. The number of hydrogen-bond donors (Lipinski definition) is 1. The maximum absolute atomic E-state index is 12.5. The Kier molecular flexibility index (Phi) is 4.43. The SMILES string of the molecule is Cc1ccc(C#N)cc1S(=O)(=O)Nc1c(Cl)cccc1Cl. The lowest BCUT2D eigenvalue weighted by Crippen LogP contribution is -2.15. The summed E-state index contributed by atoms with van der Waals surface area (Å²) in [6.07, 6.45) is 0. The predicted octanol–water partition coefficient (Wildman–Crippen LogP) is 3.97. The van der Waals surface area contributed by atoms with Crippen LogP contribution >= 0.6 is 23.2 Å². The summed E-state index contributed by atoms with van der Waals surface area (Å²) in [5.74, 6) is 0. The highest BCUT2D eigenvalue weighted by atomic mass is 35.5. The van der Waals surface area contributed by atoms with E-state index in [4.69, 9.17) is 28.5 Å². The Morgan fingerprint density at radius 3 is 2.33 bits per heavy atom. The monoisotopic (exact) mass is 340 g/mol. The fourth-order valence-electron chi connectivity index (χ4n) is 1.74. The van der Waals surface area contributed by atoms with Crippen molar-refractivity contribution in [2.45, 2.75) is 11.8 Å². The molecule has 21 heavy (non-hydrogen) atoms. The van der Waals surface area contributed by atoms with Crippen LogP contribution in [0, 0.1) is 18.3 Å². The molecule has 108 valence electrons. The number of anilines is 1. The van der Waals surface area contributed by atoms with Gasteiger partial charge in [0.1, 0.15) is 0 Å². The molecule has 2 aromatic carbocycles. The Balaban J connectivity index is 2.51. The first-order valence-electron chi connectivity index (χ1n) is 5.83. The third-order valence-corrected chi connectivity index (χ3v) is 4.93. The number of nitrogens with zero attached hydrogens (tertiary/aromatic N) is 1. The summed E-state index contributed by atoms with van der Waals surface area (Å²) in [6, 6.07) is 11.0. The van der Waals surface area contributed by atoms with Gasteiger partial charge >= 0.3 is 0 Å². The van der Waals surface area contributed by atoms with Crippen LogP contribution in [0.5, 0.6) is 0 Å². The zero-order chi connectivity index (χ0) is 15.6. The van der Waals surface area contributed by atoms with Gasteiger partial charge in [0.25, 0.3) is 10.0 Å². The van der Waals surface area contributed by atoms with E-state index in [-0.39, 0.29) is 26.2 Å². The summed E-state index contributed by atoms with van der Waals surface area (Å²) < 4.78 is 27.3. The molecule has 0 aliphatic heterocycles. The van der Waals surface area contributed by atoms with E-state index in [1.165, 1.54) is 18.2 Å². The van der Waals surface area contributed by atoms with Gasteiger partial charge in [0.15, 0.2) is 0 Å². The summed E-state index contributed by atoms with van der Waals surface area (Å²) in [6.45, 7) is 1.64. The number of sulfonamides is 1. The zero-order valence-corrected chi connectivity index (χ0v) is 13.2. The highest BCUT2D eigenvalue weighted by Gasteiger charge is 2.20. The molecule has 0 radical (unpaired) electrons. The van der Waals surface area contributed by atoms with Crippen LogP contribution in [0.2, 0.25) is 10.0 Å². The van der Waals surface area contributed by atoms with Gasteiger partial charge in [0, 0.05) is 0 Å². The molecule has 0 saturated heterocycles. The quantitative estimate of drug-likeness (QED) is 0.918. The predicted molar refractivity (Wildman–Crippen MR) is 83.2 cm³/mol. The molecule has 0 unspecified atom stereocenters. The Bertz CT molecular complexity index is 822. The summed E-state index contributed by atoms with van der Waals surface area (Å²) >= 11 is 11.9. The van der Waals surface area contributed by atoms with Crippen molar-refractivity contribution in [2.24, 2.45) is 0 Å². The van der Waals surface area contributed by atoms with E-state index in [0.29, 0.717) is 5.56 Å². The van der Waals surface area contributed by atoms with Gasteiger partial charge in [-0.2, -0.15) is 5.26 Å². The average molecular weight is 341 g/mol. The van der Waals surface area contributed by atoms with Crippen molar-refractivity contribution >= 4 is 38.9 Å². The van der Waals surface area contributed by atoms with E-state index < -0.39 is 10.0 Å². The second kappa shape index (κ2) is 5.94. The van der Waals surface area contributed by atoms with Gasteiger partial charge in [0.2, 0.25) is 0 Å². The minimum atomic E-state index is -3.89. The number of halogens is 2. The molecule has 2 aromatic rings. The Morgan fingerprint density at radius 1 is 1.14 bits per heavy atom. The Labute approximate surface area is 133 Å². The van der Waals surface area contributed by atoms with Crippen LogP contribution in [0.1, 0.15) is 11.1 Å². The van der Waals surface area contributed by atoms with E-state index in [2.05, 4.69) is 4.72 Å². The summed E-state index contributed by atoms with van der Waals surface area (Å²) in [4.78, 5) is 0.0116. The lowest BCUT2D eigenvalue weighted by Gasteiger charge is -2.13. The minimum absolute atomic E-state index is 0.0116. The lowest BCUT2D eigenvalue weighted by atomic mass is 10.2. The molecular formula is C14H10Cl2N2O2S. The van der Waals surface area contributed by atoms with Crippen molar-refractivity contribution in [3.8, 4) is 6.07 Å². The second-order valence-corrected chi connectivity index (χ2v) is 6.76. The van der Waals surface area contributed by atoms with Crippen molar-refractivity contribution in [2.75, 3.05) is 4.72 Å². The van der Waals surface area contributed by atoms with Crippen LogP contribution in [-0.2, 0) is 10.0 Å². The fraction of sp³-hybridized carbons (Fsp3) is 0.0714. The number of hydrogen-bond acceptors (Lipinski definition) is 3. The summed E-state index contributed by atoms with van der Waals surface area (Å²) in [5.41, 5.74) is 0.888. The maximum atomic E-state index is 12.5. The molecule has 1 N–H and O–H groups in total. The topological polar surface area (TPSA) is 70.0 Å². The first kappa shape index (κ1) is 15.6. The number of aryl methyl sites for hydroxylation is 1. The molecule has 0 aliphatic rings. The molecule has 0 saturated carbocycles. The van der Waals surface area contributed by atoms with Crippen LogP contribution < -0.4 is 4.72 Å². The van der Waals surface area contributed by atoms with Gasteiger partial charge in [-0.25, -0.2) is 8.42 Å². The number of nitrogens with one attached hydrogen (secondary N) is 1. The van der Waals surface area contributed by atoms with E-state index in [9.17, 15) is 8.42 Å². The van der Waals surface area contributed by atoms with Gasteiger partial charge in [-0.3, -0.25) is 4.72 Å². The highest BCUT2D eigenvalue weighted by molar-refractivity contribution is 7.92. The van der Waals surface area contributed by atoms with Crippen LogP contribution in [0.15, 0.2) is 41.3 Å². The van der Waals surface area contributed by atoms with Gasteiger partial charge in [-0.05, 0) is 36.8 Å². The van der Waals surface area contributed by atoms with Crippen molar-refractivity contribution in [3.05, 3.63) is 57.6 Å². The molecule has 0 aromatic heterocycles. The molecular weight excluding hydrogens is 331 g/mol. The van der Waals surface area contributed by atoms with Crippen LogP contribution in [0.3, 0.4) is 0 Å². The van der Waals surface area contributed by atoms with E-state index in [1.807, 2.05) is 6.07 Å². The molecule has 2 rings (SSSR count). The van der Waals surface area contributed by atoms with Gasteiger partial charge < -0.3 is 0 Å². The Hall–Kier alpha value is -1.74. The van der Waals surface area contributed by atoms with Crippen molar-refractivity contribution in [1.82, 2.24) is 0 Å². The van der Waals surface area contributed by atoms with Crippen molar-refractivity contribution < 1.29 is 8.42 Å². The van der Waals surface area contributed by atoms with Crippen LogP contribution in [0.25, 0.3) is 0 Å². The third-order valence-electron chi connectivity index (χ3n) is 2.81. The van der Waals surface area contributed by atoms with E-state index >= 15 is 0 Å². The van der Waals surface area contributed by atoms with Gasteiger partial charge in [0.05, 0.1) is 32.3 Å². The zero-order valence-electron chi connectivity index (χ0n) is 10.9. The summed E-state index contributed by atoms with van der Waals surface area (Å²) in [5, 5.41) is 9.28. The molecule has 0 heterocycles. The number of nitriles is 1. The minimum Gasteiger partial charge on any atom is -0.277 e. The second-order valence-electron chi connectivity index (χ2n) is 4.29. The maximum Gasteiger partial charge on any atom is 0.262 e. The standard InChI is InChI=1S/C14H10Cl2N2O2S/c1-9-5-6-10(8-17)7-13(9)21(19,20)18-14-11(15)3-2-4-12(14)16/h2-7,18H,1H3. The Morgan fingerprint density at radius 2 is 1.76 bits per heavy atom. The van der Waals surface area contributed by atoms with E-state index in [1.54, 1.807) is 25.1 Å². The molecule has 0 spiro atoms. The van der Waals surface area contributed by atoms with Crippen molar-refractivity contribution in [3.63, 3.8) is 0 Å². The molecule has 4 nitrogen and oxygen atoms in total. The van der Waals surface area contributed by atoms with Crippen molar-refractivity contribution in [1.29, 1.82) is 5.26 Å². The molecule has 7 heteroatoms. The smallest absolute Gasteiger partial charge is 0.262 e. The van der Waals surface area contributed by atoms with E-state index in [0.717, 1.165) is 0 Å². The fourth-order valence-corrected chi connectivity index (χ4v) is 3.72. The molecule has 0 aliphatic carbocycles. The average Bonchev–Trinajstić information content (AvgIpc) is 2.43. The molecule has 0 atom stereocenters. The molecule has 0 fully saturated rings. The largest absolute Gasteiger partial charge is 0.277 e. The first-order valence-corrected chi connectivity index (χ1v) is 8.06. The third kappa shape index (κ3) is 3.30. The highest BCUT2D eigenvalue weighted by Crippen LogP contribution is 2.32. The molecule has 0 amide bonds. The van der Waals surface area contributed by atoms with Crippen LogP contribution in [-0.4, -0.2) is 8.42 Å². The normalized spacial score (nSPS) is 11.0. The number of benzene rings is 2. The number of rotatable bonds is 3. The summed E-state index contributed by atoms with van der Waals surface area (Å²) in [7, 11) is -3.89.